The summed E-state index contributed by atoms with van der Waals surface area (Å²) in [7, 11) is 5.50. The molecule has 3 N–H and O–H groups in total. The van der Waals surface area contributed by atoms with Gasteiger partial charge in [0, 0.05) is 36.1 Å². The standard InChI is InChI=1S/C25H38N4O4/c1-17(30)9-7-6-8-10-23(25(32)26-13-14-29(3)4)28-24(31)16-20-18(2)27-22-12-11-19(33-5)15-21(20)22/h11-12,15,23,27H,6-10,13-14,16H2,1-5H3,(H,26,32)(H,28,31)/t23-/m0/s1. The number of aromatic nitrogens is 1. The van der Waals surface area contributed by atoms with Gasteiger partial charge in [-0.2, -0.15) is 0 Å². The molecule has 33 heavy (non-hydrogen) atoms. The van der Waals surface area contributed by atoms with E-state index in [4.69, 9.17) is 4.74 Å². The predicted octanol–water partition coefficient (Wildman–Crippen LogP) is 2.73. The molecule has 0 saturated heterocycles. The van der Waals surface area contributed by atoms with Crippen LogP contribution in [0.2, 0.25) is 0 Å². The van der Waals surface area contributed by atoms with Gasteiger partial charge in [0.05, 0.1) is 13.5 Å². The first-order valence-electron chi connectivity index (χ1n) is 11.6. The van der Waals surface area contributed by atoms with Gasteiger partial charge < -0.3 is 30.0 Å². The molecule has 0 bridgehead atoms. The Bertz CT molecular complexity index is 951. The predicted molar refractivity (Wildman–Crippen MR) is 131 cm³/mol. The van der Waals surface area contributed by atoms with Crippen LogP contribution >= 0.6 is 0 Å². The number of methoxy groups -OCH3 is 1. The number of likely N-dealkylation sites (N-methyl/N-ethyl adjacent to an activating group) is 1. The summed E-state index contributed by atoms with van der Waals surface area (Å²) in [6, 6.07) is 5.13. The number of carbonyl (C=O) groups is 3. The average molecular weight is 459 g/mol. The van der Waals surface area contributed by atoms with Crippen molar-refractivity contribution in [2.75, 3.05) is 34.3 Å². The Morgan fingerprint density at radius 1 is 1.15 bits per heavy atom. The van der Waals surface area contributed by atoms with Crippen LogP contribution in [-0.2, 0) is 20.8 Å². The molecule has 1 atom stereocenters. The highest BCUT2D eigenvalue weighted by Gasteiger charge is 2.22. The number of carbonyl (C=O) groups excluding carboxylic acids is 3. The second-order valence-electron chi connectivity index (χ2n) is 8.83. The molecule has 8 heteroatoms. The van der Waals surface area contributed by atoms with Gasteiger partial charge in [-0.25, -0.2) is 0 Å². The summed E-state index contributed by atoms with van der Waals surface area (Å²) in [5.41, 5.74) is 2.76. The minimum Gasteiger partial charge on any atom is -0.497 e. The van der Waals surface area contributed by atoms with Crippen LogP contribution in [0.25, 0.3) is 10.9 Å². The van der Waals surface area contributed by atoms with E-state index in [9.17, 15) is 14.4 Å². The highest BCUT2D eigenvalue weighted by Crippen LogP contribution is 2.26. The molecule has 0 spiro atoms. The van der Waals surface area contributed by atoms with Crippen LogP contribution in [0.15, 0.2) is 18.2 Å². The second kappa shape index (κ2) is 13.0. The van der Waals surface area contributed by atoms with E-state index >= 15 is 0 Å². The lowest BCUT2D eigenvalue weighted by Gasteiger charge is -2.19. The molecule has 1 heterocycles. The van der Waals surface area contributed by atoms with Crippen LogP contribution in [0.5, 0.6) is 5.75 Å². The number of hydrogen-bond donors (Lipinski definition) is 3. The SMILES string of the molecule is COc1ccc2[nH]c(C)c(CC(=O)N[C@@H](CCCCCC(C)=O)C(=O)NCCN(C)C)c2c1. The third-order valence-corrected chi connectivity index (χ3v) is 5.70. The van der Waals surface area contributed by atoms with Crippen molar-refractivity contribution in [3.05, 3.63) is 29.5 Å². The van der Waals surface area contributed by atoms with E-state index in [1.165, 1.54) is 0 Å². The number of unbranched alkanes of at least 4 members (excludes halogenated alkanes) is 2. The number of Topliss-reactive ketones (excluding diaryl/α,β-unsaturated/α-hetero) is 1. The summed E-state index contributed by atoms with van der Waals surface area (Å²) in [4.78, 5) is 42.2. The molecule has 0 saturated carbocycles. The van der Waals surface area contributed by atoms with Gasteiger partial charge in [-0.15, -0.1) is 0 Å². The van der Waals surface area contributed by atoms with Crippen molar-refractivity contribution in [1.29, 1.82) is 0 Å². The maximum absolute atomic E-state index is 12.9. The fourth-order valence-electron chi connectivity index (χ4n) is 3.82. The number of nitrogens with zero attached hydrogens (tertiary/aromatic N) is 1. The topological polar surface area (TPSA) is 104 Å². The Kier molecular flexibility index (Phi) is 10.4. The van der Waals surface area contributed by atoms with Gasteiger partial charge in [0.2, 0.25) is 11.8 Å². The van der Waals surface area contributed by atoms with E-state index in [2.05, 4.69) is 15.6 Å². The molecule has 0 unspecified atom stereocenters. The van der Waals surface area contributed by atoms with Gasteiger partial charge in [-0.05, 0) is 64.5 Å². The highest BCUT2D eigenvalue weighted by molar-refractivity contribution is 5.93. The van der Waals surface area contributed by atoms with Crippen molar-refractivity contribution in [3.8, 4) is 5.75 Å². The monoisotopic (exact) mass is 458 g/mol. The lowest BCUT2D eigenvalue weighted by molar-refractivity contribution is -0.128. The number of aromatic amines is 1. The zero-order valence-corrected chi connectivity index (χ0v) is 20.5. The van der Waals surface area contributed by atoms with Gasteiger partial charge in [0.1, 0.15) is 17.6 Å². The van der Waals surface area contributed by atoms with Crippen molar-refractivity contribution in [3.63, 3.8) is 0 Å². The van der Waals surface area contributed by atoms with E-state index in [1.807, 2.05) is 44.1 Å². The lowest BCUT2D eigenvalue weighted by atomic mass is 10.0. The number of benzene rings is 1. The number of H-pyrrole nitrogens is 1. The summed E-state index contributed by atoms with van der Waals surface area (Å²) in [5.74, 6) is 0.534. The molecule has 2 rings (SSSR count). The van der Waals surface area contributed by atoms with Crippen molar-refractivity contribution in [2.45, 2.75) is 58.4 Å². The maximum Gasteiger partial charge on any atom is 0.242 e. The van der Waals surface area contributed by atoms with Crippen LogP contribution in [0.1, 0.15) is 50.3 Å². The van der Waals surface area contributed by atoms with E-state index < -0.39 is 6.04 Å². The number of ether oxygens (including phenoxy) is 1. The fraction of sp³-hybridized carbons (Fsp3) is 0.560. The van der Waals surface area contributed by atoms with Crippen LogP contribution in [-0.4, -0.2) is 67.8 Å². The Labute approximate surface area is 196 Å². The van der Waals surface area contributed by atoms with Crippen LogP contribution in [0, 0.1) is 6.92 Å². The zero-order chi connectivity index (χ0) is 24.4. The zero-order valence-electron chi connectivity index (χ0n) is 20.5. The number of ketones is 1. The van der Waals surface area contributed by atoms with Crippen molar-refractivity contribution >= 4 is 28.5 Å². The van der Waals surface area contributed by atoms with E-state index in [-0.39, 0.29) is 24.0 Å². The van der Waals surface area contributed by atoms with Crippen LogP contribution in [0.4, 0.5) is 0 Å². The molecule has 0 radical (unpaired) electrons. The fourth-order valence-corrected chi connectivity index (χ4v) is 3.82. The van der Waals surface area contributed by atoms with Crippen molar-refractivity contribution in [2.24, 2.45) is 0 Å². The largest absolute Gasteiger partial charge is 0.497 e. The van der Waals surface area contributed by atoms with E-state index in [0.29, 0.717) is 19.4 Å². The third-order valence-electron chi connectivity index (χ3n) is 5.70. The Hall–Kier alpha value is -2.87. The molecular weight excluding hydrogens is 420 g/mol. The van der Waals surface area contributed by atoms with Crippen LogP contribution < -0.4 is 15.4 Å². The lowest BCUT2D eigenvalue weighted by Crippen LogP contribution is -2.48. The summed E-state index contributed by atoms with van der Waals surface area (Å²) >= 11 is 0. The van der Waals surface area contributed by atoms with Gasteiger partial charge >= 0.3 is 0 Å². The minimum atomic E-state index is -0.600. The number of nitrogens with one attached hydrogen (secondary N) is 3. The summed E-state index contributed by atoms with van der Waals surface area (Å²) in [6.45, 7) is 4.77. The Morgan fingerprint density at radius 3 is 2.58 bits per heavy atom. The van der Waals surface area contributed by atoms with Gasteiger partial charge in [0.15, 0.2) is 0 Å². The first-order valence-corrected chi connectivity index (χ1v) is 11.6. The molecule has 1 aromatic heterocycles. The van der Waals surface area contributed by atoms with Crippen LogP contribution in [0.3, 0.4) is 0 Å². The summed E-state index contributed by atoms with van der Waals surface area (Å²) in [6.07, 6.45) is 3.67. The number of aryl methyl sites for hydroxylation is 1. The molecule has 0 aliphatic heterocycles. The van der Waals surface area contributed by atoms with Crippen molar-refractivity contribution < 1.29 is 19.1 Å². The smallest absolute Gasteiger partial charge is 0.242 e. The normalized spacial score (nSPS) is 12.1. The molecule has 8 nitrogen and oxygen atoms in total. The molecule has 2 aromatic rings. The van der Waals surface area contributed by atoms with E-state index in [0.717, 1.165) is 53.7 Å². The number of hydrogen-bond acceptors (Lipinski definition) is 5. The summed E-state index contributed by atoms with van der Waals surface area (Å²) in [5, 5.41) is 6.80. The van der Waals surface area contributed by atoms with Gasteiger partial charge in [0.25, 0.3) is 0 Å². The first-order chi connectivity index (χ1) is 15.7. The first kappa shape index (κ1) is 26.4. The molecule has 2 amide bonds. The number of amides is 2. The quantitative estimate of drug-likeness (QED) is 0.378. The number of fused-ring (bicyclic) bond motifs is 1. The molecule has 0 aliphatic rings. The van der Waals surface area contributed by atoms with Crippen molar-refractivity contribution in [1.82, 2.24) is 20.5 Å². The molecular formula is C25H38N4O4. The second-order valence-corrected chi connectivity index (χ2v) is 8.83. The average Bonchev–Trinajstić information content (AvgIpc) is 3.06. The highest BCUT2D eigenvalue weighted by atomic mass is 16.5. The number of rotatable bonds is 14. The Morgan fingerprint density at radius 2 is 1.91 bits per heavy atom. The molecule has 0 aliphatic carbocycles. The van der Waals surface area contributed by atoms with Gasteiger partial charge in [-0.3, -0.25) is 9.59 Å². The third kappa shape index (κ3) is 8.53. The maximum atomic E-state index is 12.9. The molecule has 1 aromatic carbocycles. The van der Waals surface area contributed by atoms with E-state index in [1.54, 1.807) is 14.0 Å². The minimum absolute atomic E-state index is 0.171. The summed E-state index contributed by atoms with van der Waals surface area (Å²) < 4.78 is 5.33. The van der Waals surface area contributed by atoms with Gasteiger partial charge in [-0.1, -0.05) is 12.8 Å². The molecule has 182 valence electrons. The Balaban J connectivity index is 2.04. The molecule has 0 fully saturated rings.